The third-order valence-electron chi connectivity index (χ3n) is 4.16. The summed E-state index contributed by atoms with van der Waals surface area (Å²) in [7, 11) is 0. The fourth-order valence-electron chi connectivity index (χ4n) is 2.81. The largest absolute Gasteiger partial charge is 0.389 e. The monoisotopic (exact) mass is 298 g/mol. The number of hydrogen-bond donors (Lipinski definition) is 2. The molecule has 20 heavy (non-hydrogen) atoms. The molecule has 0 aromatic heterocycles. The number of nitrogens with two attached hydrogens (primary N) is 1. The van der Waals surface area contributed by atoms with E-state index in [2.05, 4.69) is 12.2 Å². The van der Waals surface area contributed by atoms with E-state index < -0.39 is 11.6 Å². The van der Waals surface area contributed by atoms with Gasteiger partial charge in [0.25, 0.3) is 0 Å². The Bertz CT molecular complexity index is 482. The van der Waals surface area contributed by atoms with Crippen molar-refractivity contribution in [3.63, 3.8) is 0 Å². The van der Waals surface area contributed by atoms with Crippen molar-refractivity contribution < 1.29 is 8.78 Å². The van der Waals surface area contributed by atoms with E-state index in [0.29, 0.717) is 18.4 Å². The summed E-state index contributed by atoms with van der Waals surface area (Å²) >= 11 is 4.73. The molecule has 0 radical (unpaired) electrons. The lowest BCUT2D eigenvalue weighted by atomic mass is 9.80. The molecule has 1 aromatic carbocycles. The number of nitrogens with one attached hydrogen (secondary N) is 1. The third-order valence-corrected chi connectivity index (χ3v) is 4.39. The highest BCUT2D eigenvalue weighted by Gasteiger charge is 2.22. The number of thiocarbonyl (C=S) groups is 1. The van der Waals surface area contributed by atoms with Crippen LogP contribution in [0.25, 0.3) is 0 Å². The highest BCUT2D eigenvalue weighted by atomic mass is 32.1. The highest BCUT2D eigenvalue weighted by molar-refractivity contribution is 7.80. The summed E-state index contributed by atoms with van der Waals surface area (Å²) in [5, 5.41) is 2.91. The molecule has 0 amide bonds. The minimum Gasteiger partial charge on any atom is -0.389 e. The maximum atomic E-state index is 13.9. The molecule has 2 rings (SSSR count). The molecule has 1 aliphatic rings. The van der Waals surface area contributed by atoms with E-state index in [9.17, 15) is 8.78 Å². The van der Waals surface area contributed by atoms with Gasteiger partial charge in [0.1, 0.15) is 22.3 Å². The van der Waals surface area contributed by atoms with Crippen molar-refractivity contribution in [2.24, 2.45) is 17.6 Å². The second-order valence-corrected chi connectivity index (χ2v) is 6.02. The molecule has 110 valence electrons. The van der Waals surface area contributed by atoms with Crippen LogP contribution in [0.4, 0.5) is 14.5 Å². The Balaban J connectivity index is 2.07. The van der Waals surface area contributed by atoms with Gasteiger partial charge < -0.3 is 11.1 Å². The second-order valence-electron chi connectivity index (χ2n) is 5.58. The zero-order valence-corrected chi connectivity index (χ0v) is 12.4. The summed E-state index contributed by atoms with van der Waals surface area (Å²) in [6.45, 7) is 2.80. The molecule has 2 nitrogen and oxygen atoms in total. The van der Waals surface area contributed by atoms with Gasteiger partial charge in [-0.2, -0.15) is 0 Å². The van der Waals surface area contributed by atoms with Gasteiger partial charge in [0.2, 0.25) is 0 Å². The first kappa shape index (κ1) is 15.2. The maximum absolute atomic E-state index is 13.9. The van der Waals surface area contributed by atoms with E-state index in [1.165, 1.54) is 31.4 Å². The standard InChI is InChI=1S/C15H20F2N2S/c1-9-4-2-3-5-10(9)8-19-14-12(16)6-11(15(18)20)7-13(14)17/h6-7,9-10,19H,2-5,8H2,1H3,(H2,18,20). The van der Waals surface area contributed by atoms with Gasteiger partial charge in [0.05, 0.1) is 0 Å². The molecule has 1 aliphatic carbocycles. The Morgan fingerprint density at radius 1 is 1.30 bits per heavy atom. The summed E-state index contributed by atoms with van der Waals surface area (Å²) in [5.74, 6) is -0.219. The summed E-state index contributed by atoms with van der Waals surface area (Å²) in [6, 6.07) is 2.36. The molecule has 1 aromatic rings. The van der Waals surface area contributed by atoms with Crippen LogP contribution in [0.2, 0.25) is 0 Å². The van der Waals surface area contributed by atoms with Crippen LogP contribution in [0.5, 0.6) is 0 Å². The van der Waals surface area contributed by atoms with Crippen molar-refractivity contribution in [2.75, 3.05) is 11.9 Å². The third kappa shape index (κ3) is 3.45. The van der Waals surface area contributed by atoms with Gasteiger partial charge in [-0.15, -0.1) is 0 Å². The smallest absolute Gasteiger partial charge is 0.150 e. The first-order valence-electron chi connectivity index (χ1n) is 7.01. The topological polar surface area (TPSA) is 38.0 Å². The molecule has 0 heterocycles. The molecule has 0 bridgehead atoms. The van der Waals surface area contributed by atoms with Crippen molar-refractivity contribution in [3.8, 4) is 0 Å². The first-order chi connectivity index (χ1) is 9.49. The minimum atomic E-state index is -0.642. The van der Waals surface area contributed by atoms with E-state index >= 15 is 0 Å². The van der Waals surface area contributed by atoms with E-state index in [4.69, 9.17) is 18.0 Å². The van der Waals surface area contributed by atoms with E-state index in [1.807, 2.05) is 0 Å². The zero-order valence-electron chi connectivity index (χ0n) is 11.6. The Kier molecular flexibility index (Phi) is 4.91. The molecule has 2 unspecified atom stereocenters. The first-order valence-corrected chi connectivity index (χ1v) is 7.42. The van der Waals surface area contributed by atoms with Crippen LogP contribution >= 0.6 is 12.2 Å². The number of benzene rings is 1. The number of halogens is 2. The average Bonchev–Trinajstić information content (AvgIpc) is 2.39. The average molecular weight is 298 g/mol. The van der Waals surface area contributed by atoms with Crippen molar-refractivity contribution >= 4 is 22.9 Å². The lowest BCUT2D eigenvalue weighted by Crippen LogP contribution is -2.25. The SMILES string of the molecule is CC1CCCCC1CNc1c(F)cc(C(N)=S)cc1F. The molecule has 3 N–H and O–H groups in total. The van der Waals surface area contributed by atoms with Crippen molar-refractivity contribution in [3.05, 3.63) is 29.3 Å². The van der Waals surface area contributed by atoms with Crippen LogP contribution in [0.1, 0.15) is 38.2 Å². The predicted molar refractivity (Wildman–Crippen MR) is 81.9 cm³/mol. The Morgan fingerprint density at radius 3 is 2.45 bits per heavy atom. The van der Waals surface area contributed by atoms with E-state index in [0.717, 1.165) is 6.42 Å². The fourth-order valence-corrected chi connectivity index (χ4v) is 2.93. The van der Waals surface area contributed by atoms with Crippen LogP contribution in [0, 0.1) is 23.5 Å². The van der Waals surface area contributed by atoms with Crippen molar-refractivity contribution in [1.82, 2.24) is 0 Å². The Morgan fingerprint density at radius 2 is 1.90 bits per heavy atom. The number of anilines is 1. The van der Waals surface area contributed by atoms with Crippen LogP contribution in [0.3, 0.4) is 0 Å². The van der Waals surface area contributed by atoms with Gasteiger partial charge in [-0.1, -0.05) is 38.4 Å². The Hall–Kier alpha value is -1.23. The summed E-state index contributed by atoms with van der Waals surface area (Å²) < 4.78 is 27.8. The van der Waals surface area contributed by atoms with Gasteiger partial charge in [-0.3, -0.25) is 0 Å². The van der Waals surface area contributed by atoms with Gasteiger partial charge in [0, 0.05) is 12.1 Å². The molecular formula is C15H20F2N2S. The molecule has 0 aliphatic heterocycles. The summed E-state index contributed by atoms with van der Waals surface area (Å²) in [5.41, 5.74) is 5.52. The van der Waals surface area contributed by atoms with Crippen molar-refractivity contribution in [2.45, 2.75) is 32.6 Å². The number of hydrogen-bond acceptors (Lipinski definition) is 2. The molecule has 0 saturated heterocycles. The van der Waals surface area contributed by atoms with Gasteiger partial charge in [0.15, 0.2) is 0 Å². The van der Waals surface area contributed by atoms with Crippen LogP contribution in [-0.4, -0.2) is 11.5 Å². The predicted octanol–water partition coefficient (Wildman–Crippen LogP) is 3.84. The molecule has 1 saturated carbocycles. The Labute approximate surface area is 123 Å². The van der Waals surface area contributed by atoms with E-state index in [-0.39, 0.29) is 16.2 Å². The van der Waals surface area contributed by atoms with Crippen LogP contribution in [0.15, 0.2) is 12.1 Å². The van der Waals surface area contributed by atoms with Gasteiger partial charge >= 0.3 is 0 Å². The second kappa shape index (κ2) is 6.48. The highest BCUT2D eigenvalue weighted by Crippen LogP contribution is 2.30. The fraction of sp³-hybridized carbons (Fsp3) is 0.533. The molecule has 0 spiro atoms. The molecule has 5 heteroatoms. The molecule has 1 fully saturated rings. The summed E-state index contributed by atoms with van der Waals surface area (Å²) in [4.78, 5) is -0.00440. The maximum Gasteiger partial charge on any atom is 0.150 e. The van der Waals surface area contributed by atoms with Gasteiger partial charge in [-0.25, -0.2) is 8.78 Å². The van der Waals surface area contributed by atoms with Crippen molar-refractivity contribution in [1.29, 1.82) is 0 Å². The number of rotatable bonds is 4. The van der Waals surface area contributed by atoms with Gasteiger partial charge in [-0.05, 0) is 30.4 Å². The van der Waals surface area contributed by atoms with E-state index in [1.54, 1.807) is 0 Å². The lowest BCUT2D eigenvalue weighted by molar-refractivity contribution is 0.268. The zero-order chi connectivity index (χ0) is 14.7. The van der Waals surface area contributed by atoms with Crippen LogP contribution < -0.4 is 11.1 Å². The normalized spacial score (nSPS) is 22.6. The molecular weight excluding hydrogens is 278 g/mol. The lowest BCUT2D eigenvalue weighted by Gasteiger charge is -2.29. The van der Waals surface area contributed by atoms with Crippen LogP contribution in [-0.2, 0) is 0 Å². The quantitative estimate of drug-likeness (QED) is 0.830. The molecule has 2 atom stereocenters. The summed E-state index contributed by atoms with van der Waals surface area (Å²) in [6.07, 6.45) is 4.76. The minimum absolute atomic E-state index is 0.00440.